The van der Waals surface area contributed by atoms with Crippen LogP contribution in [-0.2, 0) is 21.1 Å². The van der Waals surface area contributed by atoms with E-state index in [1.165, 1.54) is 24.0 Å². The van der Waals surface area contributed by atoms with Crippen molar-refractivity contribution in [1.29, 1.82) is 0 Å². The summed E-state index contributed by atoms with van der Waals surface area (Å²) in [7, 11) is -2.99. The first-order chi connectivity index (χ1) is 11.5. The van der Waals surface area contributed by atoms with Crippen LogP contribution in [-0.4, -0.2) is 50.1 Å². The van der Waals surface area contributed by atoms with Crippen molar-refractivity contribution in [2.75, 3.05) is 32.1 Å². The highest BCUT2D eigenvalue weighted by molar-refractivity contribution is 7.93. The number of sulfone groups is 1. The third kappa shape index (κ3) is 2.91. The fraction of sp³-hybridized carbons (Fsp3) is 0.684. The van der Waals surface area contributed by atoms with E-state index >= 15 is 0 Å². The number of hydrogen-bond acceptors (Lipinski definition) is 4. The lowest BCUT2D eigenvalue weighted by atomic mass is 9.83. The number of aryl methyl sites for hydroxylation is 1. The van der Waals surface area contributed by atoms with Crippen LogP contribution in [0.1, 0.15) is 30.4 Å². The summed E-state index contributed by atoms with van der Waals surface area (Å²) in [6.07, 6.45) is 3.32. The van der Waals surface area contributed by atoms with Crippen LogP contribution < -0.4 is 0 Å². The van der Waals surface area contributed by atoms with E-state index < -0.39 is 14.6 Å². The second-order valence-corrected chi connectivity index (χ2v) is 10.4. The molecule has 1 aliphatic carbocycles. The van der Waals surface area contributed by atoms with Gasteiger partial charge < -0.3 is 4.74 Å². The zero-order valence-corrected chi connectivity index (χ0v) is 15.2. The summed E-state index contributed by atoms with van der Waals surface area (Å²) in [5.74, 6) is 1.25. The minimum atomic E-state index is -2.99. The van der Waals surface area contributed by atoms with E-state index in [-0.39, 0.29) is 5.92 Å². The van der Waals surface area contributed by atoms with Crippen molar-refractivity contribution in [3.05, 3.63) is 35.4 Å². The topological polar surface area (TPSA) is 46.6 Å². The molecule has 2 heterocycles. The average Bonchev–Trinajstić information content (AvgIpc) is 3.28. The highest BCUT2D eigenvalue weighted by atomic mass is 32.2. The molecule has 1 atom stereocenters. The van der Waals surface area contributed by atoms with Crippen molar-refractivity contribution < 1.29 is 13.2 Å². The van der Waals surface area contributed by atoms with Crippen LogP contribution in [0.5, 0.6) is 0 Å². The molecule has 1 saturated carbocycles. The highest BCUT2D eigenvalue weighted by Crippen LogP contribution is 2.45. The number of ether oxygens (including phenoxy) is 1. The lowest BCUT2D eigenvalue weighted by Crippen LogP contribution is -2.67. The second-order valence-electron chi connectivity index (χ2n) is 7.92. The Bertz CT molecular complexity index is 705. The van der Waals surface area contributed by atoms with Gasteiger partial charge in [0.15, 0.2) is 9.84 Å². The van der Waals surface area contributed by atoms with Crippen LogP contribution in [0, 0.1) is 18.8 Å². The Morgan fingerprint density at radius 2 is 1.92 bits per heavy atom. The summed E-state index contributed by atoms with van der Waals surface area (Å²) in [4.78, 5) is 2.28. The normalized spacial score (nSPS) is 28.1. The Morgan fingerprint density at radius 1 is 1.17 bits per heavy atom. The zero-order valence-electron chi connectivity index (χ0n) is 14.4. The summed E-state index contributed by atoms with van der Waals surface area (Å²) < 4.78 is 30.6. The number of benzene rings is 1. The maximum atomic E-state index is 12.7. The van der Waals surface area contributed by atoms with Crippen LogP contribution in [0.25, 0.3) is 0 Å². The van der Waals surface area contributed by atoms with E-state index in [0.717, 1.165) is 25.5 Å². The molecule has 132 valence electrons. The minimum Gasteiger partial charge on any atom is -0.381 e. The number of hydrogen-bond donors (Lipinski definition) is 0. The van der Waals surface area contributed by atoms with Crippen LogP contribution in [0.4, 0.5) is 0 Å². The van der Waals surface area contributed by atoms with Gasteiger partial charge in [-0.05, 0) is 43.2 Å². The predicted molar refractivity (Wildman–Crippen MR) is 94.6 cm³/mol. The maximum absolute atomic E-state index is 12.7. The molecule has 0 radical (unpaired) electrons. The number of likely N-dealkylation sites (tertiary alicyclic amines) is 1. The first-order valence-corrected chi connectivity index (χ1v) is 10.7. The quantitative estimate of drug-likeness (QED) is 0.791. The van der Waals surface area contributed by atoms with E-state index in [0.29, 0.717) is 25.4 Å². The predicted octanol–water partition coefficient (Wildman–Crippen LogP) is 2.41. The first-order valence-electron chi connectivity index (χ1n) is 9.07. The van der Waals surface area contributed by atoms with Crippen molar-refractivity contribution in [2.24, 2.45) is 11.8 Å². The van der Waals surface area contributed by atoms with Gasteiger partial charge in [-0.3, -0.25) is 4.90 Å². The summed E-state index contributed by atoms with van der Waals surface area (Å²) >= 11 is 0. The Labute approximate surface area is 145 Å². The Hall–Kier alpha value is -0.910. The number of rotatable bonds is 6. The van der Waals surface area contributed by atoms with Gasteiger partial charge in [0.05, 0.1) is 12.4 Å². The van der Waals surface area contributed by atoms with Crippen LogP contribution in [0.2, 0.25) is 0 Å². The molecule has 0 amide bonds. The molecule has 2 aliphatic heterocycles. The van der Waals surface area contributed by atoms with E-state index in [1.807, 2.05) is 6.07 Å². The van der Waals surface area contributed by atoms with E-state index in [1.54, 1.807) is 0 Å². The molecule has 4 nitrogen and oxygen atoms in total. The molecule has 3 fully saturated rings. The second kappa shape index (κ2) is 6.11. The fourth-order valence-electron chi connectivity index (χ4n) is 4.22. The van der Waals surface area contributed by atoms with Gasteiger partial charge >= 0.3 is 0 Å². The smallest absolute Gasteiger partial charge is 0.158 e. The van der Waals surface area contributed by atoms with Gasteiger partial charge in [0, 0.05) is 32.2 Å². The molecule has 0 N–H and O–H groups in total. The molecule has 1 aromatic rings. The largest absolute Gasteiger partial charge is 0.381 e. The van der Waals surface area contributed by atoms with Crippen LogP contribution in [0.15, 0.2) is 24.3 Å². The summed E-state index contributed by atoms with van der Waals surface area (Å²) in [6, 6.07) is 8.36. The van der Waals surface area contributed by atoms with E-state index in [9.17, 15) is 8.42 Å². The molecule has 3 aliphatic rings. The number of nitrogens with zero attached hydrogens (tertiary/aromatic N) is 1. The molecule has 2 saturated heterocycles. The Morgan fingerprint density at radius 3 is 2.62 bits per heavy atom. The third-order valence-corrected chi connectivity index (χ3v) is 8.71. The van der Waals surface area contributed by atoms with Gasteiger partial charge in [-0.25, -0.2) is 8.42 Å². The van der Waals surface area contributed by atoms with Gasteiger partial charge in [-0.1, -0.05) is 24.3 Å². The average molecular weight is 349 g/mol. The Kier molecular flexibility index (Phi) is 4.22. The van der Waals surface area contributed by atoms with Crippen molar-refractivity contribution in [3.8, 4) is 0 Å². The van der Waals surface area contributed by atoms with Crippen molar-refractivity contribution in [1.82, 2.24) is 4.90 Å². The van der Waals surface area contributed by atoms with E-state index in [4.69, 9.17) is 4.74 Å². The minimum absolute atomic E-state index is 0.175. The molecule has 0 bridgehead atoms. The summed E-state index contributed by atoms with van der Waals surface area (Å²) in [6.45, 7) is 5.74. The van der Waals surface area contributed by atoms with Crippen molar-refractivity contribution >= 4 is 9.84 Å². The lowest BCUT2D eigenvalue weighted by Gasteiger charge is -2.50. The molecular weight excluding hydrogens is 322 g/mol. The summed E-state index contributed by atoms with van der Waals surface area (Å²) in [5.41, 5.74) is 2.57. The molecule has 0 unspecified atom stereocenters. The highest BCUT2D eigenvalue weighted by Gasteiger charge is 2.61. The van der Waals surface area contributed by atoms with Gasteiger partial charge in [0.25, 0.3) is 0 Å². The zero-order chi connectivity index (χ0) is 16.8. The lowest BCUT2D eigenvalue weighted by molar-refractivity contribution is 0.0226. The molecule has 1 aromatic carbocycles. The molecule has 1 spiro atoms. The first kappa shape index (κ1) is 16.6. The molecular formula is C19H27NO3S. The van der Waals surface area contributed by atoms with Crippen molar-refractivity contribution in [3.63, 3.8) is 0 Å². The third-order valence-electron chi connectivity index (χ3n) is 6.11. The summed E-state index contributed by atoms with van der Waals surface area (Å²) in [5, 5.41) is 0. The van der Waals surface area contributed by atoms with Gasteiger partial charge in [0.1, 0.15) is 4.75 Å². The molecule has 24 heavy (non-hydrogen) atoms. The monoisotopic (exact) mass is 349 g/mol. The van der Waals surface area contributed by atoms with Crippen LogP contribution >= 0.6 is 0 Å². The Balaban J connectivity index is 1.40. The van der Waals surface area contributed by atoms with Crippen molar-refractivity contribution in [2.45, 2.75) is 37.5 Å². The molecule has 5 heteroatoms. The standard InChI is InChI=1S/C19H27NO3S/c1-15-4-2-3-5-17(15)10-20-13-19(14-20)18(8-9-24(19,21)22)12-23-11-16-6-7-16/h2-5,16,18H,6-14H2,1H3/t18-/m1/s1. The maximum Gasteiger partial charge on any atom is 0.158 e. The fourth-order valence-corrected chi connectivity index (χ4v) is 6.67. The van der Waals surface area contributed by atoms with Gasteiger partial charge in [0.2, 0.25) is 0 Å². The van der Waals surface area contributed by atoms with Gasteiger partial charge in [-0.2, -0.15) is 0 Å². The van der Waals surface area contributed by atoms with Crippen LogP contribution in [0.3, 0.4) is 0 Å². The van der Waals surface area contributed by atoms with E-state index in [2.05, 4.69) is 30.0 Å². The molecule has 4 rings (SSSR count). The SMILES string of the molecule is Cc1ccccc1CN1CC2(C1)[C@@H](COCC1CC1)CCS2(=O)=O. The molecule has 0 aromatic heterocycles. The van der Waals surface area contributed by atoms with Gasteiger partial charge in [-0.15, -0.1) is 0 Å².